The summed E-state index contributed by atoms with van der Waals surface area (Å²) in [6.07, 6.45) is 1.65. The number of carbonyl (C=O) groups is 1. The van der Waals surface area contributed by atoms with Gasteiger partial charge in [0, 0.05) is 12.1 Å². The van der Waals surface area contributed by atoms with E-state index < -0.39 is 11.4 Å². The molecule has 0 saturated carbocycles. The van der Waals surface area contributed by atoms with Gasteiger partial charge in [-0.05, 0) is 12.5 Å². The number of alkyl halides is 1. The Morgan fingerprint density at radius 1 is 1.87 bits per heavy atom. The second-order valence-corrected chi connectivity index (χ2v) is 3.30. The van der Waals surface area contributed by atoms with E-state index in [1.54, 1.807) is 6.07 Å². The van der Waals surface area contributed by atoms with E-state index in [1.165, 1.54) is 13.3 Å². The zero-order chi connectivity index (χ0) is 11.3. The van der Waals surface area contributed by atoms with Crippen LogP contribution in [0.15, 0.2) is 12.3 Å². The van der Waals surface area contributed by atoms with Crippen molar-refractivity contribution in [3.05, 3.63) is 18.0 Å². The van der Waals surface area contributed by atoms with Crippen molar-refractivity contribution in [1.29, 1.82) is 5.26 Å². The normalized spacial score (nSPS) is 13.9. The average Bonchev–Trinajstić information content (AvgIpc) is 2.78. The maximum absolute atomic E-state index is 11.6. The highest BCUT2D eigenvalue weighted by atomic mass is 35.5. The molecule has 5 nitrogen and oxygen atoms in total. The molecule has 1 N–H and O–H groups in total. The van der Waals surface area contributed by atoms with E-state index in [-0.39, 0.29) is 12.3 Å². The number of H-pyrrole nitrogens is 1. The van der Waals surface area contributed by atoms with Gasteiger partial charge in [-0.3, -0.25) is 5.10 Å². The summed E-state index contributed by atoms with van der Waals surface area (Å²) < 4.78 is 4.62. The molecular weight excluding hydrogens is 218 g/mol. The van der Waals surface area contributed by atoms with Crippen molar-refractivity contribution < 1.29 is 9.53 Å². The van der Waals surface area contributed by atoms with Gasteiger partial charge in [-0.15, -0.1) is 11.6 Å². The van der Waals surface area contributed by atoms with Crippen LogP contribution in [0.3, 0.4) is 0 Å². The van der Waals surface area contributed by atoms with E-state index in [2.05, 4.69) is 14.9 Å². The molecule has 1 rings (SSSR count). The monoisotopic (exact) mass is 227 g/mol. The number of halogens is 1. The molecule has 1 unspecified atom stereocenters. The van der Waals surface area contributed by atoms with Gasteiger partial charge in [-0.1, -0.05) is 0 Å². The van der Waals surface area contributed by atoms with Crippen LogP contribution in [0.25, 0.3) is 0 Å². The molecule has 0 radical (unpaired) electrons. The third kappa shape index (κ3) is 1.95. The van der Waals surface area contributed by atoms with Crippen LogP contribution in [-0.4, -0.2) is 29.2 Å². The van der Waals surface area contributed by atoms with Crippen molar-refractivity contribution in [2.45, 2.75) is 11.8 Å². The van der Waals surface area contributed by atoms with Gasteiger partial charge in [0.05, 0.1) is 18.9 Å². The summed E-state index contributed by atoms with van der Waals surface area (Å²) in [7, 11) is 1.24. The fourth-order valence-electron chi connectivity index (χ4n) is 1.32. The van der Waals surface area contributed by atoms with E-state index in [0.717, 1.165) is 0 Å². The molecule has 0 aliphatic heterocycles. The Hall–Kier alpha value is -1.54. The van der Waals surface area contributed by atoms with Crippen molar-refractivity contribution in [3.63, 3.8) is 0 Å². The first-order chi connectivity index (χ1) is 7.21. The highest BCUT2D eigenvalue weighted by Crippen LogP contribution is 2.27. The van der Waals surface area contributed by atoms with Crippen LogP contribution in [0.4, 0.5) is 0 Å². The molecule has 0 fully saturated rings. The van der Waals surface area contributed by atoms with Gasteiger partial charge in [0.1, 0.15) is 0 Å². The lowest BCUT2D eigenvalue weighted by molar-refractivity contribution is -0.145. The third-order valence-corrected chi connectivity index (χ3v) is 2.34. The smallest absolute Gasteiger partial charge is 0.332 e. The SMILES string of the molecule is COC(=O)C(C#N)(CCCl)c1ccn[nH]1. The van der Waals surface area contributed by atoms with Crippen molar-refractivity contribution in [3.8, 4) is 6.07 Å². The summed E-state index contributed by atoms with van der Waals surface area (Å²) >= 11 is 5.59. The molecule has 1 heterocycles. The maximum atomic E-state index is 11.6. The Balaban J connectivity index is 3.17. The summed E-state index contributed by atoms with van der Waals surface area (Å²) in [5, 5.41) is 15.4. The third-order valence-electron chi connectivity index (χ3n) is 2.15. The number of hydrogen-bond acceptors (Lipinski definition) is 4. The molecule has 0 bridgehead atoms. The molecule has 1 aromatic rings. The lowest BCUT2D eigenvalue weighted by atomic mass is 9.83. The molecule has 0 aliphatic rings. The number of carbonyl (C=O) groups excluding carboxylic acids is 1. The zero-order valence-electron chi connectivity index (χ0n) is 8.16. The molecule has 1 aromatic heterocycles. The van der Waals surface area contributed by atoms with Gasteiger partial charge in [0.25, 0.3) is 0 Å². The van der Waals surface area contributed by atoms with Crippen LogP contribution >= 0.6 is 11.6 Å². The molecule has 0 aliphatic carbocycles. The van der Waals surface area contributed by atoms with E-state index in [1.807, 2.05) is 6.07 Å². The Bertz CT molecular complexity index is 371. The Kier molecular flexibility index (Phi) is 3.69. The topological polar surface area (TPSA) is 78.8 Å². The molecule has 80 valence electrons. The van der Waals surface area contributed by atoms with Crippen molar-refractivity contribution >= 4 is 17.6 Å². The maximum Gasteiger partial charge on any atom is 0.332 e. The molecule has 6 heteroatoms. The second kappa shape index (κ2) is 4.80. The fraction of sp³-hybridized carbons (Fsp3) is 0.444. The summed E-state index contributed by atoms with van der Waals surface area (Å²) in [5.74, 6) is -0.448. The first-order valence-electron chi connectivity index (χ1n) is 4.26. The van der Waals surface area contributed by atoms with Gasteiger partial charge in [0.15, 0.2) is 5.41 Å². The predicted octanol–water partition coefficient (Wildman–Crippen LogP) is 0.973. The highest BCUT2D eigenvalue weighted by Gasteiger charge is 2.42. The minimum Gasteiger partial charge on any atom is -0.468 e. The van der Waals surface area contributed by atoms with Crippen LogP contribution in [0.5, 0.6) is 0 Å². The van der Waals surface area contributed by atoms with Crippen LogP contribution in [0, 0.1) is 11.3 Å². The first-order valence-corrected chi connectivity index (χ1v) is 4.80. The fourth-order valence-corrected chi connectivity index (χ4v) is 1.60. The average molecular weight is 228 g/mol. The largest absolute Gasteiger partial charge is 0.468 e. The zero-order valence-corrected chi connectivity index (χ0v) is 8.91. The Morgan fingerprint density at radius 3 is 3.00 bits per heavy atom. The number of nitriles is 1. The number of hydrogen-bond donors (Lipinski definition) is 1. The summed E-state index contributed by atoms with van der Waals surface area (Å²) in [5.41, 5.74) is -0.981. The van der Waals surface area contributed by atoms with Gasteiger partial charge < -0.3 is 4.74 Å². The molecule has 15 heavy (non-hydrogen) atoms. The first kappa shape index (κ1) is 11.5. The van der Waals surface area contributed by atoms with Crippen LogP contribution < -0.4 is 0 Å². The minimum atomic E-state index is -1.38. The van der Waals surface area contributed by atoms with Crippen molar-refractivity contribution in [1.82, 2.24) is 10.2 Å². The quantitative estimate of drug-likeness (QED) is 0.614. The van der Waals surface area contributed by atoms with Crippen molar-refractivity contribution in [2.75, 3.05) is 13.0 Å². The molecule has 0 saturated heterocycles. The lowest BCUT2D eigenvalue weighted by Crippen LogP contribution is -2.36. The second-order valence-electron chi connectivity index (χ2n) is 2.92. The van der Waals surface area contributed by atoms with Crippen LogP contribution in [0.1, 0.15) is 12.1 Å². The number of ether oxygens (including phenoxy) is 1. The van der Waals surface area contributed by atoms with E-state index in [0.29, 0.717) is 5.69 Å². The van der Waals surface area contributed by atoms with Crippen LogP contribution in [-0.2, 0) is 14.9 Å². The van der Waals surface area contributed by atoms with Gasteiger partial charge in [0.2, 0.25) is 0 Å². The van der Waals surface area contributed by atoms with E-state index in [4.69, 9.17) is 16.9 Å². The molecule has 1 atom stereocenters. The Morgan fingerprint density at radius 2 is 2.60 bits per heavy atom. The summed E-state index contributed by atoms with van der Waals surface area (Å²) in [6, 6.07) is 3.50. The predicted molar refractivity (Wildman–Crippen MR) is 53.2 cm³/mol. The number of aromatic amines is 1. The number of nitrogens with zero attached hydrogens (tertiary/aromatic N) is 2. The highest BCUT2D eigenvalue weighted by molar-refractivity contribution is 6.18. The number of nitrogens with one attached hydrogen (secondary N) is 1. The van der Waals surface area contributed by atoms with Gasteiger partial charge >= 0.3 is 5.97 Å². The molecule has 0 amide bonds. The number of esters is 1. The molecule has 0 aromatic carbocycles. The lowest BCUT2D eigenvalue weighted by Gasteiger charge is -2.20. The summed E-state index contributed by atoms with van der Waals surface area (Å²) in [6.45, 7) is 0. The van der Waals surface area contributed by atoms with E-state index >= 15 is 0 Å². The van der Waals surface area contributed by atoms with Crippen LogP contribution in [0.2, 0.25) is 0 Å². The Labute approximate surface area is 92.0 Å². The molecule has 0 spiro atoms. The van der Waals surface area contributed by atoms with Crippen molar-refractivity contribution in [2.24, 2.45) is 0 Å². The summed E-state index contributed by atoms with van der Waals surface area (Å²) in [4.78, 5) is 11.6. The standard InChI is InChI=1S/C9H10ClN3O2/c1-15-8(14)9(6-11,3-4-10)7-2-5-12-13-7/h2,5H,3-4H2,1H3,(H,12,13). The number of aromatic nitrogens is 2. The van der Waals surface area contributed by atoms with Gasteiger partial charge in [-0.2, -0.15) is 10.4 Å². The molecular formula is C9H10ClN3O2. The van der Waals surface area contributed by atoms with E-state index in [9.17, 15) is 4.79 Å². The minimum absolute atomic E-state index is 0.180. The number of rotatable bonds is 4. The number of methoxy groups -OCH3 is 1. The van der Waals surface area contributed by atoms with Gasteiger partial charge in [-0.25, -0.2) is 4.79 Å².